The highest BCUT2D eigenvalue weighted by Gasteiger charge is 2.16. The van der Waals surface area contributed by atoms with Gasteiger partial charge in [0.15, 0.2) is 0 Å². The number of carbonyl (C=O) groups is 1. The Morgan fingerprint density at radius 3 is 2.50 bits per heavy atom. The molecule has 7 heteroatoms. The second-order valence-corrected chi connectivity index (χ2v) is 8.62. The Balaban J connectivity index is 1.43. The Morgan fingerprint density at radius 1 is 0.900 bits per heavy atom. The normalized spacial score (nSPS) is 11.5. The highest BCUT2D eigenvalue weighted by molar-refractivity contribution is 7.89. The summed E-state index contributed by atoms with van der Waals surface area (Å²) in [6, 6.07) is 22.9. The number of anilines is 1. The Hall–Kier alpha value is -3.42. The van der Waals surface area contributed by atoms with Gasteiger partial charge in [0.2, 0.25) is 10.0 Å². The van der Waals surface area contributed by atoms with Gasteiger partial charge in [-0.1, -0.05) is 42.5 Å². The van der Waals surface area contributed by atoms with Crippen molar-refractivity contribution in [2.45, 2.75) is 11.3 Å². The molecular formula is C23H21N3O3S. The van der Waals surface area contributed by atoms with E-state index >= 15 is 0 Å². The lowest BCUT2D eigenvalue weighted by Crippen LogP contribution is -2.26. The smallest absolute Gasteiger partial charge is 0.255 e. The first-order valence-electron chi connectivity index (χ1n) is 9.54. The SMILES string of the molecule is O=C(Nc1ccccc1)c1cccc(S(=O)(=O)NCCc2c[nH]c3ccccc23)c1. The first-order valence-corrected chi connectivity index (χ1v) is 11.0. The Labute approximate surface area is 175 Å². The average Bonchev–Trinajstić information content (AvgIpc) is 3.18. The monoisotopic (exact) mass is 419 g/mol. The number of aromatic nitrogens is 1. The molecule has 0 bridgehead atoms. The van der Waals surface area contributed by atoms with Crippen molar-refractivity contribution in [2.75, 3.05) is 11.9 Å². The van der Waals surface area contributed by atoms with Crippen LogP contribution in [-0.4, -0.2) is 25.9 Å². The van der Waals surface area contributed by atoms with Crippen molar-refractivity contribution >= 4 is 32.5 Å². The zero-order valence-corrected chi connectivity index (χ0v) is 16.9. The molecule has 1 amide bonds. The van der Waals surface area contributed by atoms with Crippen molar-refractivity contribution < 1.29 is 13.2 Å². The van der Waals surface area contributed by atoms with E-state index in [1.807, 2.05) is 48.7 Å². The van der Waals surface area contributed by atoms with Crippen molar-refractivity contribution in [1.29, 1.82) is 0 Å². The van der Waals surface area contributed by atoms with Gasteiger partial charge in [-0.2, -0.15) is 0 Å². The Bertz CT molecular complexity index is 1280. The number of rotatable bonds is 7. The van der Waals surface area contributed by atoms with E-state index in [0.717, 1.165) is 16.5 Å². The number of hydrogen-bond donors (Lipinski definition) is 3. The van der Waals surface area contributed by atoms with Crippen LogP contribution >= 0.6 is 0 Å². The summed E-state index contributed by atoms with van der Waals surface area (Å²) in [4.78, 5) is 15.7. The van der Waals surface area contributed by atoms with Crippen LogP contribution in [0.2, 0.25) is 0 Å². The van der Waals surface area contributed by atoms with Gasteiger partial charge in [0.05, 0.1) is 4.90 Å². The molecule has 152 valence electrons. The summed E-state index contributed by atoms with van der Waals surface area (Å²) in [5.74, 6) is -0.364. The molecule has 0 fully saturated rings. The molecule has 0 aliphatic rings. The van der Waals surface area contributed by atoms with Crippen LogP contribution in [0.15, 0.2) is 90.0 Å². The van der Waals surface area contributed by atoms with Crippen LogP contribution in [-0.2, 0) is 16.4 Å². The maximum absolute atomic E-state index is 12.7. The fraction of sp³-hybridized carbons (Fsp3) is 0.0870. The van der Waals surface area contributed by atoms with E-state index in [1.165, 1.54) is 12.1 Å². The third-order valence-electron chi connectivity index (χ3n) is 4.80. The molecule has 0 unspecified atom stereocenters. The predicted molar refractivity (Wildman–Crippen MR) is 118 cm³/mol. The highest BCUT2D eigenvalue weighted by Crippen LogP contribution is 2.18. The van der Waals surface area contributed by atoms with Crippen LogP contribution in [0, 0.1) is 0 Å². The van der Waals surface area contributed by atoms with E-state index in [9.17, 15) is 13.2 Å². The number of H-pyrrole nitrogens is 1. The third-order valence-corrected chi connectivity index (χ3v) is 6.26. The van der Waals surface area contributed by atoms with Crippen molar-refractivity contribution in [3.8, 4) is 0 Å². The average molecular weight is 420 g/mol. The molecule has 0 saturated carbocycles. The number of fused-ring (bicyclic) bond motifs is 1. The van der Waals surface area contributed by atoms with E-state index in [4.69, 9.17) is 0 Å². The van der Waals surface area contributed by atoms with E-state index in [0.29, 0.717) is 12.1 Å². The van der Waals surface area contributed by atoms with Gasteiger partial charge in [-0.15, -0.1) is 0 Å². The van der Waals surface area contributed by atoms with Crippen molar-refractivity contribution in [3.05, 3.63) is 96.2 Å². The maximum atomic E-state index is 12.7. The molecular weight excluding hydrogens is 398 g/mol. The molecule has 0 aliphatic carbocycles. The Morgan fingerprint density at radius 2 is 1.67 bits per heavy atom. The summed E-state index contributed by atoms with van der Waals surface area (Å²) >= 11 is 0. The topological polar surface area (TPSA) is 91.1 Å². The standard InChI is InChI=1S/C23H21N3O3S/c27-23(26-19-8-2-1-3-9-19)17-7-6-10-20(15-17)30(28,29)25-14-13-18-16-24-22-12-5-4-11-21(18)22/h1-12,15-16,24-25H,13-14H2,(H,26,27). The number of aromatic amines is 1. The second kappa shape index (κ2) is 8.52. The number of benzene rings is 3. The predicted octanol–water partition coefficient (Wildman–Crippen LogP) is 3.94. The molecule has 0 radical (unpaired) electrons. The largest absolute Gasteiger partial charge is 0.361 e. The molecule has 30 heavy (non-hydrogen) atoms. The zero-order valence-electron chi connectivity index (χ0n) is 16.1. The van der Waals surface area contributed by atoms with Crippen molar-refractivity contribution in [1.82, 2.24) is 9.71 Å². The molecule has 3 N–H and O–H groups in total. The number of amides is 1. The van der Waals surface area contributed by atoms with Crippen LogP contribution in [0.3, 0.4) is 0 Å². The number of para-hydroxylation sites is 2. The van der Waals surface area contributed by atoms with Gasteiger partial charge in [0.1, 0.15) is 0 Å². The molecule has 0 spiro atoms. The molecule has 1 heterocycles. The first-order chi connectivity index (χ1) is 14.5. The zero-order chi connectivity index (χ0) is 21.0. The van der Waals surface area contributed by atoms with E-state index in [1.54, 1.807) is 24.3 Å². The summed E-state index contributed by atoms with van der Waals surface area (Å²) in [6.07, 6.45) is 2.45. The fourth-order valence-electron chi connectivity index (χ4n) is 3.27. The molecule has 4 aromatic rings. The number of nitrogens with one attached hydrogen (secondary N) is 3. The van der Waals surface area contributed by atoms with E-state index in [2.05, 4.69) is 15.0 Å². The maximum Gasteiger partial charge on any atom is 0.255 e. The minimum Gasteiger partial charge on any atom is -0.361 e. The molecule has 6 nitrogen and oxygen atoms in total. The lowest BCUT2D eigenvalue weighted by molar-refractivity contribution is 0.102. The minimum atomic E-state index is -3.74. The van der Waals surface area contributed by atoms with Crippen LogP contribution < -0.4 is 10.0 Å². The molecule has 0 saturated heterocycles. The number of sulfonamides is 1. The lowest BCUT2D eigenvalue weighted by Gasteiger charge is -2.09. The summed E-state index contributed by atoms with van der Waals surface area (Å²) in [5.41, 5.74) is 2.99. The quantitative estimate of drug-likeness (QED) is 0.424. The summed E-state index contributed by atoms with van der Waals surface area (Å²) in [5, 5.41) is 3.84. The fourth-order valence-corrected chi connectivity index (χ4v) is 4.35. The molecule has 0 aliphatic heterocycles. The number of hydrogen-bond acceptors (Lipinski definition) is 3. The van der Waals surface area contributed by atoms with E-state index in [-0.39, 0.29) is 22.9 Å². The third kappa shape index (κ3) is 4.42. The van der Waals surface area contributed by atoms with Crippen molar-refractivity contribution in [3.63, 3.8) is 0 Å². The lowest BCUT2D eigenvalue weighted by atomic mass is 10.1. The van der Waals surface area contributed by atoms with Crippen LogP contribution in [0.25, 0.3) is 10.9 Å². The molecule has 1 aromatic heterocycles. The second-order valence-electron chi connectivity index (χ2n) is 6.86. The summed E-state index contributed by atoms with van der Waals surface area (Å²) in [6.45, 7) is 0.255. The van der Waals surface area contributed by atoms with E-state index < -0.39 is 10.0 Å². The first kappa shape index (κ1) is 19.9. The van der Waals surface area contributed by atoms with Crippen LogP contribution in [0.1, 0.15) is 15.9 Å². The van der Waals surface area contributed by atoms with Gasteiger partial charge in [0, 0.05) is 34.9 Å². The summed E-state index contributed by atoms with van der Waals surface area (Å²) in [7, 11) is -3.74. The number of carbonyl (C=O) groups excluding carboxylic acids is 1. The molecule has 3 aromatic carbocycles. The van der Waals surface area contributed by atoms with Gasteiger partial charge in [0.25, 0.3) is 5.91 Å². The van der Waals surface area contributed by atoms with Crippen LogP contribution in [0.5, 0.6) is 0 Å². The van der Waals surface area contributed by atoms with Crippen LogP contribution in [0.4, 0.5) is 5.69 Å². The van der Waals surface area contributed by atoms with Gasteiger partial charge in [-0.25, -0.2) is 13.1 Å². The van der Waals surface area contributed by atoms with Gasteiger partial charge in [-0.05, 0) is 48.4 Å². The molecule has 0 atom stereocenters. The van der Waals surface area contributed by atoms with Gasteiger partial charge < -0.3 is 10.3 Å². The Kier molecular flexibility index (Phi) is 5.65. The van der Waals surface area contributed by atoms with Gasteiger partial charge >= 0.3 is 0 Å². The van der Waals surface area contributed by atoms with Crippen molar-refractivity contribution in [2.24, 2.45) is 0 Å². The highest BCUT2D eigenvalue weighted by atomic mass is 32.2. The van der Waals surface area contributed by atoms with Gasteiger partial charge in [-0.3, -0.25) is 4.79 Å². The minimum absolute atomic E-state index is 0.0575. The molecule has 4 rings (SSSR count). The summed E-state index contributed by atoms with van der Waals surface area (Å²) < 4.78 is 28.0.